The van der Waals surface area contributed by atoms with E-state index in [1.807, 2.05) is 38.1 Å². The normalized spacial score (nSPS) is 13.0. The minimum Gasteiger partial charge on any atom is -0.457 e. The summed E-state index contributed by atoms with van der Waals surface area (Å²) in [6.45, 7) is 3.95. The number of para-hydroxylation sites is 1. The number of nitrogens with two attached hydrogens (primary N) is 1. The molecule has 0 spiro atoms. The predicted octanol–water partition coefficient (Wildman–Crippen LogP) is 3.71. The van der Waals surface area contributed by atoms with E-state index in [0.717, 1.165) is 26.7 Å². The molecule has 0 aliphatic carbocycles. The molecule has 0 saturated heterocycles. The van der Waals surface area contributed by atoms with E-state index in [0.29, 0.717) is 10.6 Å². The molecule has 2 heterocycles. The van der Waals surface area contributed by atoms with Crippen molar-refractivity contribution in [3.05, 3.63) is 50.6 Å². The van der Waals surface area contributed by atoms with Crippen molar-refractivity contribution in [1.29, 1.82) is 0 Å². The molecule has 0 amide bonds. The van der Waals surface area contributed by atoms with Crippen LogP contribution in [0, 0.1) is 13.8 Å². The molecule has 0 radical (unpaired) electrons. The second-order valence-corrected chi connectivity index (χ2v) is 6.23. The summed E-state index contributed by atoms with van der Waals surface area (Å²) in [5.74, 6) is 6.45. The first kappa shape index (κ1) is 13.6. The van der Waals surface area contributed by atoms with Gasteiger partial charge in [0.15, 0.2) is 5.58 Å². The van der Waals surface area contributed by atoms with Crippen LogP contribution in [0.25, 0.3) is 11.0 Å². The Hall–Kier alpha value is -1.40. The fraction of sp³-hybridized carbons (Fsp3) is 0.214. The van der Waals surface area contributed by atoms with E-state index in [4.69, 9.17) is 21.9 Å². The van der Waals surface area contributed by atoms with Crippen LogP contribution in [0.5, 0.6) is 0 Å². The number of fused-ring (bicyclic) bond motifs is 1. The summed E-state index contributed by atoms with van der Waals surface area (Å²) in [7, 11) is 0. The molecule has 1 unspecified atom stereocenters. The van der Waals surface area contributed by atoms with Gasteiger partial charge in [0, 0.05) is 5.39 Å². The Morgan fingerprint density at radius 1 is 1.40 bits per heavy atom. The smallest absolute Gasteiger partial charge is 0.152 e. The van der Waals surface area contributed by atoms with Gasteiger partial charge in [-0.05, 0) is 26.0 Å². The maximum Gasteiger partial charge on any atom is 0.152 e. The predicted molar refractivity (Wildman–Crippen MR) is 82.0 cm³/mol. The zero-order chi connectivity index (χ0) is 14.3. The number of furan rings is 1. The van der Waals surface area contributed by atoms with Crippen LogP contribution in [0.15, 0.2) is 28.7 Å². The van der Waals surface area contributed by atoms with Crippen LogP contribution < -0.4 is 11.3 Å². The molecule has 0 fully saturated rings. The summed E-state index contributed by atoms with van der Waals surface area (Å²) in [5.41, 5.74) is 4.45. The summed E-state index contributed by atoms with van der Waals surface area (Å²) < 4.78 is 5.87. The fourth-order valence-electron chi connectivity index (χ4n) is 2.29. The minimum atomic E-state index is -0.218. The van der Waals surface area contributed by atoms with Gasteiger partial charge in [-0.1, -0.05) is 23.7 Å². The molecule has 20 heavy (non-hydrogen) atoms. The van der Waals surface area contributed by atoms with Crippen molar-refractivity contribution in [2.24, 2.45) is 5.84 Å². The van der Waals surface area contributed by atoms with E-state index in [9.17, 15) is 0 Å². The molecular formula is C14H14ClN3OS. The van der Waals surface area contributed by atoms with E-state index in [1.54, 1.807) is 11.3 Å². The number of aromatic nitrogens is 1. The molecule has 0 aliphatic heterocycles. The fourth-order valence-corrected chi connectivity index (χ4v) is 3.51. The molecule has 1 aromatic carbocycles. The quantitative estimate of drug-likeness (QED) is 0.572. The monoisotopic (exact) mass is 307 g/mol. The lowest BCUT2D eigenvalue weighted by molar-refractivity contribution is 0.480. The van der Waals surface area contributed by atoms with Crippen LogP contribution in [0.4, 0.5) is 0 Å². The Bertz CT molecular complexity index is 765. The number of halogens is 1. The van der Waals surface area contributed by atoms with E-state index >= 15 is 0 Å². The number of hydrazine groups is 1. The number of rotatable bonds is 3. The summed E-state index contributed by atoms with van der Waals surface area (Å²) in [4.78, 5) is 5.49. The third-order valence-corrected chi connectivity index (χ3v) is 4.60. The van der Waals surface area contributed by atoms with Crippen LogP contribution in [0.3, 0.4) is 0 Å². The number of benzene rings is 1. The number of hydrogen-bond donors (Lipinski definition) is 2. The maximum absolute atomic E-state index is 6.14. The Morgan fingerprint density at radius 3 is 2.80 bits per heavy atom. The first-order chi connectivity index (χ1) is 9.60. The van der Waals surface area contributed by atoms with Crippen LogP contribution in [-0.2, 0) is 0 Å². The number of nitrogens with one attached hydrogen (secondary N) is 1. The van der Waals surface area contributed by atoms with Gasteiger partial charge in [-0.15, -0.1) is 11.3 Å². The molecule has 104 valence electrons. The van der Waals surface area contributed by atoms with Gasteiger partial charge in [-0.3, -0.25) is 5.84 Å². The molecule has 4 nitrogen and oxygen atoms in total. The van der Waals surface area contributed by atoms with E-state index < -0.39 is 0 Å². The zero-order valence-electron chi connectivity index (χ0n) is 11.1. The van der Waals surface area contributed by atoms with Crippen molar-refractivity contribution < 1.29 is 4.42 Å². The molecule has 3 aromatic rings. The van der Waals surface area contributed by atoms with Crippen molar-refractivity contribution in [3.63, 3.8) is 0 Å². The lowest BCUT2D eigenvalue weighted by Crippen LogP contribution is -2.28. The molecular weight excluding hydrogens is 294 g/mol. The van der Waals surface area contributed by atoms with Gasteiger partial charge in [0.1, 0.15) is 11.8 Å². The molecule has 0 bridgehead atoms. The van der Waals surface area contributed by atoms with Crippen LogP contribution >= 0.6 is 22.9 Å². The highest BCUT2D eigenvalue weighted by molar-refractivity contribution is 7.11. The van der Waals surface area contributed by atoms with E-state index in [-0.39, 0.29) is 6.04 Å². The first-order valence-electron chi connectivity index (χ1n) is 6.18. The Labute approximate surface area is 125 Å². The zero-order valence-corrected chi connectivity index (χ0v) is 12.7. The van der Waals surface area contributed by atoms with Crippen molar-refractivity contribution in [3.8, 4) is 0 Å². The summed E-state index contributed by atoms with van der Waals surface area (Å²) in [5, 5.41) is 2.57. The number of aryl methyl sites for hydroxylation is 2. The van der Waals surface area contributed by atoms with Crippen LogP contribution in [0.1, 0.15) is 27.4 Å². The highest BCUT2D eigenvalue weighted by Gasteiger charge is 2.22. The average Bonchev–Trinajstić information content (AvgIpc) is 2.96. The van der Waals surface area contributed by atoms with Gasteiger partial charge < -0.3 is 4.42 Å². The van der Waals surface area contributed by atoms with Gasteiger partial charge in [-0.2, -0.15) is 0 Å². The molecule has 0 saturated carbocycles. The highest BCUT2D eigenvalue weighted by atomic mass is 35.5. The summed E-state index contributed by atoms with van der Waals surface area (Å²) in [6, 6.07) is 7.41. The molecule has 0 aliphatic rings. The van der Waals surface area contributed by atoms with Gasteiger partial charge in [0.2, 0.25) is 0 Å². The van der Waals surface area contributed by atoms with Crippen molar-refractivity contribution in [1.82, 2.24) is 10.4 Å². The topological polar surface area (TPSA) is 64.1 Å². The standard InChI is InChI=1S/C14H14ClN3OS/c1-7-14(20-8(2)17-7)12(18-16)11-6-9-4-3-5-10(15)13(9)19-11/h3-6,12,18H,16H2,1-2H3. The summed E-state index contributed by atoms with van der Waals surface area (Å²) >= 11 is 7.75. The van der Waals surface area contributed by atoms with Crippen LogP contribution in [0.2, 0.25) is 5.02 Å². The number of hydrogen-bond acceptors (Lipinski definition) is 5. The van der Waals surface area contributed by atoms with Gasteiger partial charge in [-0.25, -0.2) is 10.4 Å². The van der Waals surface area contributed by atoms with Crippen molar-refractivity contribution in [2.45, 2.75) is 19.9 Å². The second kappa shape index (κ2) is 5.18. The van der Waals surface area contributed by atoms with Gasteiger partial charge in [0.25, 0.3) is 0 Å². The number of nitrogens with zero attached hydrogens (tertiary/aromatic N) is 1. The third-order valence-electron chi connectivity index (χ3n) is 3.17. The lowest BCUT2D eigenvalue weighted by atomic mass is 10.1. The van der Waals surface area contributed by atoms with Crippen molar-refractivity contribution >= 4 is 33.9 Å². The largest absolute Gasteiger partial charge is 0.457 e. The molecule has 1 atom stereocenters. The van der Waals surface area contributed by atoms with Crippen LogP contribution in [-0.4, -0.2) is 4.98 Å². The van der Waals surface area contributed by atoms with Crippen molar-refractivity contribution in [2.75, 3.05) is 0 Å². The highest BCUT2D eigenvalue weighted by Crippen LogP contribution is 2.34. The third kappa shape index (κ3) is 2.23. The van der Waals surface area contributed by atoms with Gasteiger partial charge >= 0.3 is 0 Å². The Balaban J connectivity index is 2.12. The average molecular weight is 308 g/mol. The van der Waals surface area contributed by atoms with E-state index in [2.05, 4.69) is 10.4 Å². The molecule has 3 rings (SSSR count). The Morgan fingerprint density at radius 2 is 2.20 bits per heavy atom. The minimum absolute atomic E-state index is 0.218. The summed E-state index contributed by atoms with van der Waals surface area (Å²) in [6.07, 6.45) is 0. The first-order valence-corrected chi connectivity index (χ1v) is 7.37. The molecule has 2 aromatic heterocycles. The second-order valence-electron chi connectivity index (χ2n) is 4.59. The number of thiazole rings is 1. The Kier molecular flexibility index (Phi) is 3.52. The lowest BCUT2D eigenvalue weighted by Gasteiger charge is -2.11. The molecule has 6 heteroatoms. The van der Waals surface area contributed by atoms with E-state index in [1.165, 1.54) is 0 Å². The molecule has 3 N–H and O–H groups in total. The SMILES string of the molecule is Cc1nc(C)c(C(NN)c2cc3cccc(Cl)c3o2)s1. The van der Waals surface area contributed by atoms with Gasteiger partial charge in [0.05, 0.1) is 20.6 Å². The maximum atomic E-state index is 6.14.